The van der Waals surface area contributed by atoms with E-state index in [4.69, 9.17) is 0 Å². The van der Waals surface area contributed by atoms with E-state index in [1.165, 1.54) is 50.1 Å². The summed E-state index contributed by atoms with van der Waals surface area (Å²) >= 11 is 0. The van der Waals surface area contributed by atoms with Crippen LogP contribution < -0.4 is 9.80 Å². The molecular formula is C57H46N2. The molecule has 2 heteroatoms. The first-order valence-corrected chi connectivity index (χ1v) is 20.7. The summed E-state index contributed by atoms with van der Waals surface area (Å²) in [6, 6.07) is 73.2. The highest BCUT2D eigenvalue weighted by molar-refractivity contribution is 5.88. The normalized spacial score (nSPS) is 14.7. The molecule has 8 aromatic carbocycles. The minimum absolute atomic E-state index is 0.0562. The van der Waals surface area contributed by atoms with E-state index in [-0.39, 0.29) is 5.41 Å². The van der Waals surface area contributed by atoms with Crippen molar-refractivity contribution in [3.05, 3.63) is 241 Å². The summed E-state index contributed by atoms with van der Waals surface area (Å²) in [5.41, 5.74) is 18.1. The smallest absolute Gasteiger partial charge is 0.0468 e. The van der Waals surface area contributed by atoms with Gasteiger partial charge in [0.15, 0.2) is 0 Å². The van der Waals surface area contributed by atoms with Crippen molar-refractivity contribution in [2.75, 3.05) is 9.80 Å². The molecule has 59 heavy (non-hydrogen) atoms. The summed E-state index contributed by atoms with van der Waals surface area (Å²) in [4.78, 5) is 4.76. The molecule has 284 valence electrons. The van der Waals surface area contributed by atoms with Gasteiger partial charge in [0.1, 0.15) is 0 Å². The summed E-state index contributed by atoms with van der Waals surface area (Å²) in [5, 5.41) is 0. The Kier molecular flexibility index (Phi) is 9.39. The van der Waals surface area contributed by atoms with Gasteiger partial charge in [-0.15, -0.1) is 0 Å². The van der Waals surface area contributed by atoms with E-state index < -0.39 is 0 Å². The Hall–Kier alpha value is -7.16. The Balaban J connectivity index is 1.06. The van der Waals surface area contributed by atoms with Gasteiger partial charge < -0.3 is 9.80 Å². The van der Waals surface area contributed by atoms with Gasteiger partial charge in [-0.3, -0.25) is 0 Å². The summed E-state index contributed by atoms with van der Waals surface area (Å²) in [5.74, 6) is 0.401. The number of hydrogen-bond acceptors (Lipinski definition) is 2. The average Bonchev–Trinajstić information content (AvgIpc) is 3.54. The maximum atomic E-state index is 2.40. The van der Waals surface area contributed by atoms with Gasteiger partial charge in [0.2, 0.25) is 0 Å². The maximum absolute atomic E-state index is 2.40. The predicted octanol–water partition coefficient (Wildman–Crippen LogP) is 15.9. The van der Waals surface area contributed by atoms with Crippen molar-refractivity contribution in [2.24, 2.45) is 0 Å². The second-order valence-corrected chi connectivity index (χ2v) is 16.2. The lowest BCUT2D eigenvalue weighted by Gasteiger charge is -2.29. The van der Waals surface area contributed by atoms with Crippen LogP contribution in [0.15, 0.2) is 224 Å². The zero-order chi connectivity index (χ0) is 39.8. The Morgan fingerprint density at radius 3 is 1.34 bits per heavy atom. The Morgan fingerprint density at radius 2 is 0.814 bits per heavy atom. The lowest BCUT2D eigenvalue weighted by molar-refractivity contribution is 0.660. The van der Waals surface area contributed by atoms with Gasteiger partial charge in [0, 0.05) is 45.5 Å². The first-order valence-electron chi connectivity index (χ1n) is 20.7. The number of allylic oxidation sites excluding steroid dienone is 4. The third-order valence-electron chi connectivity index (χ3n) is 12.2. The maximum Gasteiger partial charge on any atom is 0.0468 e. The van der Waals surface area contributed by atoms with E-state index in [1.54, 1.807) is 0 Å². The first kappa shape index (κ1) is 36.2. The second-order valence-electron chi connectivity index (χ2n) is 16.2. The van der Waals surface area contributed by atoms with Crippen LogP contribution in [0, 0.1) is 0 Å². The monoisotopic (exact) mass is 758 g/mol. The fourth-order valence-electron chi connectivity index (χ4n) is 9.06. The van der Waals surface area contributed by atoms with E-state index in [9.17, 15) is 0 Å². The molecule has 0 radical (unpaired) electrons. The topological polar surface area (TPSA) is 6.48 Å². The molecule has 0 N–H and O–H groups in total. The van der Waals surface area contributed by atoms with Crippen molar-refractivity contribution < 1.29 is 0 Å². The molecule has 2 nitrogen and oxygen atoms in total. The van der Waals surface area contributed by atoms with Crippen LogP contribution in [0.3, 0.4) is 0 Å². The van der Waals surface area contributed by atoms with Gasteiger partial charge in [-0.25, -0.2) is 0 Å². The summed E-state index contributed by atoms with van der Waals surface area (Å²) in [6.07, 6.45) is 9.88. The molecule has 0 aliphatic heterocycles. The molecule has 2 aliphatic rings. The van der Waals surface area contributed by atoms with Crippen molar-refractivity contribution in [3.8, 4) is 33.4 Å². The highest BCUT2D eigenvalue weighted by Crippen LogP contribution is 2.51. The van der Waals surface area contributed by atoms with Crippen molar-refractivity contribution in [1.29, 1.82) is 0 Å². The number of nitrogens with zero attached hydrogens (tertiary/aromatic N) is 2. The van der Waals surface area contributed by atoms with Crippen LogP contribution in [0.5, 0.6) is 0 Å². The molecule has 0 spiro atoms. The molecule has 0 fully saturated rings. The van der Waals surface area contributed by atoms with E-state index in [0.29, 0.717) is 5.92 Å². The predicted molar refractivity (Wildman–Crippen MR) is 250 cm³/mol. The third kappa shape index (κ3) is 6.87. The molecular weight excluding hydrogens is 713 g/mol. The van der Waals surface area contributed by atoms with E-state index >= 15 is 0 Å². The average molecular weight is 759 g/mol. The number of benzene rings is 8. The van der Waals surface area contributed by atoms with Gasteiger partial charge in [-0.2, -0.15) is 0 Å². The fourth-order valence-corrected chi connectivity index (χ4v) is 9.06. The highest BCUT2D eigenvalue weighted by Gasteiger charge is 2.35. The molecule has 0 aromatic heterocycles. The van der Waals surface area contributed by atoms with Crippen LogP contribution >= 0.6 is 0 Å². The standard InChI is InChI=1S/C57H46N2/c1-57(2)55-21-13-12-20-53(55)54-40-52(38-39-56(54)57)59(49-32-26-46(27-33-49)43-18-10-5-11-19-43)51-36-34-50(35-37-51)58(47-28-22-44(23-29-47)41-14-6-3-7-15-41)48-30-24-45(25-31-48)42-16-8-4-9-17-42/h3-16,18-40,42H,17H2,1-2H3. The second kappa shape index (κ2) is 15.3. The number of hydrogen-bond donors (Lipinski definition) is 0. The van der Waals surface area contributed by atoms with Gasteiger partial charge in [0.05, 0.1) is 0 Å². The van der Waals surface area contributed by atoms with Crippen molar-refractivity contribution in [3.63, 3.8) is 0 Å². The number of anilines is 6. The zero-order valence-corrected chi connectivity index (χ0v) is 33.5. The minimum atomic E-state index is -0.0562. The van der Waals surface area contributed by atoms with Crippen LogP contribution in [0.4, 0.5) is 34.1 Å². The summed E-state index contributed by atoms with van der Waals surface area (Å²) < 4.78 is 0. The van der Waals surface area contributed by atoms with Crippen molar-refractivity contribution in [1.82, 2.24) is 0 Å². The lowest BCUT2D eigenvalue weighted by Crippen LogP contribution is -2.15. The molecule has 0 heterocycles. The molecule has 1 atom stereocenters. The van der Waals surface area contributed by atoms with Gasteiger partial charge >= 0.3 is 0 Å². The third-order valence-corrected chi connectivity index (χ3v) is 12.2. The Bertz CT molecular complexity index is 2780. The minimum Gasteiger partial charge on any atom is -0.311 e. The van der Waals surface area contributed by atoms with Crippen LogP contribution in [0.1, 0.15) is 42.9 Å². The zero-order valence-electron chi connectivity index (χ0n) is 33.5. The molecule has 0 bridgehead atoms. The highest BCUT2D eigenvalue weighted by atomic mass is 15.2. The van der Waals surface area contributed by atoms with Crippen LogP contribution in [0.25, 0.3) is 33.4 Å². The van der Waals surface area contributed by atoms with E-state index in [1.807, 2.05) is 0 Å². The van der Waals surface area contributed by atoms with Crippen molar-refractivity contribution in [2.45, 2.75) is 31.6 Å². The van der Waals surface area contributed by atoms with E-state index in [2.05, 4.69) is 248 Å². The molecule has 0 amide bonds. The summed E-state index contributed by atoms with van der Waals surface area (Å²) in [7, 11) is 0. The Morgan fingerprint density at radius 1 is 0.390 bits per heavy atom. The lowest BCUT2D eigenvalue weighted by atomic mass is 9.82. The SMILES string of the molecule is CC1(C)c2ccccc2-c2cc(N(c3ccc(-c4ccccc4)cc3)c3ccc(N(c4ccc(-c5ccccc5)cc4)c4ccc(C5C=CC=CC5)cc4)cc3)ccc21. The van der Waals surface area contributed by atoms with Gasteiger partial charge in [0.25, 0.3) is 0 Å². The Labute approximate surface area is 348 Å². The molecule has 8 aromatic rings. The quantitative estimate of drug-likeness (QED) is 0.145. The molecule has 0 saturated heterocycles. The first-order chi connectivity index (χ1) is 29.0. The van der Waals surface area contributed by atoms with Crippen LogP contribution in [0.2, 0.25) is 0 Å². The summed E-state index contributed by atoms with van der Waals surface area (Å²) in [6.45, 7) is 4.68. The fraction of sp³-hybridized carbons (Fsp3) is 0.0877. The number of fused-ring (bicyclic) bond motifs is 3. The molecule has 10 rings (SSSR count). The largest absolute Gasteiger partial charge is 0.311 e. The van der Waals surface area contributed by atoms with E-state index in [0.717, 1.165) is 40.5 Å². The van der Waals surface area contributed by atoms with Crippen molar-refractivity contribution >= 4 is 34.1 Å². The molecule has 0 saturated carbocycles. The van der Waals surface area contributed by atoms with Gasteiger partial charge in [-0.05, 0) is 129 Å². The van der Waals surface area contributed by atoms with Crippen LogP contribution in [-0.2, 0) is 5.41 Å². The molecule has 2 aliphatic carbocycles. The van der Waals surface area contributed by atoms with Crippen LogP contribution in [-0.4, -0.2) is 0 Å². The van der Waals surface area contributed by atoms with Gasteiger partial charge in [-0.1, -0.05) is 166 Å². The number of rotatable bonds is 9. The molecule has 1 unspecified atom stereocenters.